The molecule has 20 heteroatoms. The third-order valence-electron chi connectivity index (χ3n) is 7.31. The summed E-state index contributed by atoms with van der Waals surface area (Å²) in [6.45, 7) is -2.10. The van der Waals surface area contributed by atoms with Gasteiger partial charge in [-0.05, 0) is 54.8 Å². The van der Waals surface area contributed by atoms with Crippen molar-refractivity contribution in [2.75, 3.05) is 36.2 Å². The minimum Gasteiger partial charge on any atom is -0.467 e. The molecule has 1 fully saturated rings. The lowest BCUT2D eigenvalue weighted by Gasteiger charge is -2.19. The van der Waals surface area contributed by atoms with Crippen molar-refractivity contribution in [3.63, 3.8) is 0 Å². The zero-order valence-electron chi connectivity index (χ0n) is 26.9. The normalized spacial score (nSPS) is 13.7. The van der Waals surface area contributed by atoms with Gasteiger partial charge in [-0.2, -0.15) is 33.2 Å². The third kappa shape index (κ3) is 10.0. The van der Waals surface area contributed by atoms with Gasteiger partial charge >= 0.3 is 30.0 Å². The van der Waals surface area contributed by atoms with E-state index in [1.807, 2.05) is 12.1 Å². The maximum Gasteiger partial charge on any atom is 0.422 e. The van der Waals surface area contributed by atoms with E-state index in [-0.39, 0.29) is 23.1 Å². The minimum absolute atomic E-state index is 0.0383. The van der Waals surface area contributed by atoms with Crippen molar-refractivity contribution in [2.24, 2.45) is 7.05 Å². The van der Waals surface area contributed by atoms with Crippen LogP contribution in [-0.2, 0) is 31.7 Å². The number of rotatable bonds is 13. The summed E-state index contributed by atoms with van der Waals surface area (Å²) in [5.41, 5.74) is 1.02. The summed E-state index contributed by atoms with van der Waals surface area (Å²) < 4.78 is 49.7. The van der Waals surface area contributed by atoms with Crippen LogP contribution in [0.5, 0.6) is 6.01 Å². The molecule has 0 spiro atoms. The Labute approximate surface area is 292 Å². The lowest BCUT2D eigenvalue weighted by atomic mass is 10.1. The number of methoxy groups -OCH3 is 1. The van der Waals surface area contributed by atoms with E-state index in [1.54, 1.807) is 19.2 Å². The van der Waals surface area contributed by atoms with E-state index in [9.17, 15) is 32.3 Å². The molecular weight excluding hydrogens is 701 g/mol. The Balaban J connectivity index is 1.24. The summed E-state index contributed by atoms with van der Waals surface area (Å²) in [6, 6.07) is 10.8. The molecule has 268 valence electrons. The maximum atomic E-state index is 13.0. The number of aromatic nitrogens is 5. The number of nitrogens with zero attached hydrogens (tertiary/aromatic N) is 5. The van der Waals surface area contributed by atoms with Crippen molar-refractivity contribution in [3.8, 4) is 6.01 Å². The Morgan fingerprint density at radius 1 is 0.961 bits per heavy atom. The van der Waals surface area contributed by atoms with Gasteiger partial charge in [-0.15, -0.1) is 0 Å². The predicted octanol–water partition coefficient (Wildman–Crippen LogP) is 3.07. The molecule has 5 rings (SSSR count). The molecule has 0 aliphatic heterocycles. The molecule has 16 nitrogen and oxygen atoms in total. The van der Waals surface area contributed by atoms with Gasteiger partial charge in [0.1, 0.15) is 6.04 Å². The molecule has 0 saturated heterocycles. The van der Waals surface area contributed by atoms with Gasteiger partial charge in [-0.25, -0.2) is 4.79 Å². The van der Waals surface area contributed by atoms with Crippen molar-refractivity contribution in [1.82, 2.24) is 35.4 Å². The Hall–Kier alpha value is -5.98. The maximum absolute atomic E-state index is 13.0. The summed E-state index contributed by atoms with van der Waals surface area (Å²) in [6.07, 6.45) is -0.427. The average molecular weight is 731 g/mol. The molecule has 1 aliphatic carbocycles. The van der Waals surface area contributed by atoms with Crippen LogP contribution in [0.25, 0.3) is 0 Å². The second kappa shape index (κ2) is 15.3. The molecule has 51 heavy (non-hydrogen) atoms. The van der Waals surface area contributed by atoms with Gasteiger partial charge in [0.25, 0.3) is 5.91 Å². The standard InChI is InChI=1S/C31H30ClF3N10O6/c1-45-15-21(13-37-45)38-25(48)24(47)36-14-22(26(49)50-2)40-23(46)17-3-9-20(10-4-17)39-27-41-28(43-29(42-27)51-16-31(33,34)35)44-30(11-12-30)18-5-7-19(32)8-6-18/h3-10,13,15,22H,11-12,14,16H2,1-2H3,(H,36,47)(H,38,48)(H,40,46)(H2,39,41,42,43,44)/t22-/m0/s1. The number of anilines is 4. The zero-order valence-corrected chi connectivity index (χ0v) is 27.6. The van der Waals surface area contributed by atoms with Gasteiger partial charge in [0.15, 0.2) is 6.61 Å². The van der Waals surface area contributed by atoms with Crippen molar-refractivity contribution in [2.45, 2.75) is 30.6 Å². The lowest BCUT2D eigenvalue weighted by Crippen LogP contribution is -2.50. The lowest BCUT2D eigenvalue weighted by molar-refractivity contribution is -0.154. The van der Waals surface area contributed by atoms with Crippen LogP contribution < -0.4 is 31.3 Å². The number of aryl methyl sites for hydroxylation is 1. The highest BCUT2D eigenvalue weighted by Gasteiger charge is 2.45. The number of carbonyl (C=O) groups excluding carboxylic acids is 4. The Morgan fingerprint density at radius 2 is 1.65 bits per heavy atom. The van der Waals surface area contributed by atoms with Crippen LogP contribution in [-0.4, -0.2) is 80.9 Å². The molecule has 0 bridgehead atoms. The Kier molecular flexibility index (Phi) is 10.9. The van der Waals surface area contributed by atoms with Crippen molar-refractivity contribution in [1.29, 1.82) is 0 Å². The van der Waals surface area contributed by atoms with E-state index in [2.05, 4.69) is 46.6 Å². The number of carbonyl (C=O) groups is 4. The van der Waals surface area contributed by atoms with Crippen molar-refractivity contribution >= 4 is 58.6 Å². The molecule has 0 radical (unpaired) electrons. The fraction of sp³-hybridized carbons (Fsp3) is 0.290. The van der Waals surface area contributed by atoms with Gasteiger partial charge in [0.2, 0.25) is 11.9 Å². The zero-order chi connectivity index (χ0) is 36.8. The number of amides is 3. The van der Waals surface area contributed by atoms with Crippen molar-refractivity contribution in [3.05, 3.63) is 77.1 Å². The quantitative estimate of drug-likeness (QED) is 0.0995. The van der Waals surface area contributed by atoms with E-state index >= 15 is 0 Å². The average Bonchev–Trinajstić information content (AvgIpc) is 3.76. The fourth-order valence-corrected chi connectivity index (χ4v) is 4.76. The molecular formula is C31H30ClF3N10O6. The highest BCUT2D eigenvalue weighted by Crippen LogP contribution is 2.48. The van der Waals surface area contributed by atoms with Crippen LogP contribution in [0.2, 0.25) is 5.02 Å². The van der Waals surface area contributed by atoms with Crippen molar-refractivity contribution < 1.29 is 41.8 Å². The molecule has 2 aromatic carbocycles. The van der Waals surface area contributed by atoms with E-state index < -0.39 is 60.6 Å². The summed E-state index contributed by atoms with van der Waals surface area (Å²) in [5.74, 6) is -3.89. The highest BCUT2D eigenvalue weighted by atomic mass is 35.5. The number of hydrogen-bond donors (Lipinski definition) is 5. The first kappa shape index (κ1) is 36.3. The predicted molar refractivity (Wildman–Crippen MR) is 175 cm³/mol. The van der Waals surface area contributed by atoms with Crippen LogP contribution in [0.4, 0.5) is 36.4 Å². The smallest absolute Gasteiger partial charge is 0.422 e. The van der Waals surface area contributed by atoms with E-state index in [0.29, 0.717) is 23.6 Å². The molecule has 2 aromatic heterocycles. The number of benzene rings is 2. The summed E-state index contributed by atoms with van der Waals surface area (Å²) in [4.78, 5) is 62.1. The number of nitrogens with one attached hydrogen (secondary N) is 5. The summed E-state index contributed by atoms with van der Waals surface area (Å²) >= 11 is 6.02. The summed E-state index contributed by atoms with van der Waals surface area (Å²) in [5, 5.41) is 17.5. The Morgan fingerprint density at radius 3 is 2.25 bits per heavy atom. The second-order valence-corrected chi connectivity index (χ2v) is 11.6. The number of ether oxygens (including phenoxy) is 2. The van der Waals surface area contributed by atoms with Gasteiger partial charge in [-0.3, -0.25) is 19.1 Å². The van der Waals surface area contributed by atoms with Crippen LogP contribution >= 0.6 is 11.6 Å². The topological polar surface area (TPSA) is 203 Å². The molecule has 5 N–H and O–H groups in total. The summed E-state index contributed by atoms with van der Waals surface area (Å²) in [7, 11) is 2.71. The van der Waals surface area contributed by atoms with E-state index in [0.717, 1.165) is 12.7 Å². The first-order valence-electron chi connectivity index (χ1n) is 15.1. The molecule has 1 saturated carbocycles. The van der Waals surface area contributed by atoms with Gasteiger partial charge < -0.3 is 36.1 Å². The number of hydrogen-bond acceptors (Lipinski definition) is 12. The van der Waals surface area contributed by atoms with Crippen LogP contribution in [0.15, 0.2) is 60.9 Å². The van der Waals surface area contributed by atoms with Crippen LogP contribution in [0.3, 0.4) is 0 Å². The van der Waals surface area contributed by atoms with Gasteiger partial charge in [0, 0.05) is 36.1 Å². The number of halogens is 4. The number of esters is 1. The molecule has 1 aliphatic rings. The SMILES string of the molecule is COC(=O)[C@H](CNC(=O)C(=O)Nc1cnn(C)c1)NC(=O)c1ccc(Nc2nc(NC3(c4ccc(Cl)cc4)CC3)nc(OCC(F)(F)F)n2)cc1. The monoisotopic (exact) mass is 730 g/mol. The molecule has 1 atom stereocenters. The molecule has 0 unspecified atom stereocenters. The number of alkyl halides is 3. The first-order valence-corrected chi connectivity index (χ1v) is 15.4. The highest BCUT2D eigenvalue weighted by molar-refractivity contribution is 6.39. The van der Waals surface area contributed by atoms with E-state index in [4.69, 9.17) is 21.1 Å². The van der Waals surface area contributed by atoms with Crippen LogP contribution in [0.1, 0.15) is 28.8 Å². The first-order chi connectivity index (χ1) is 24.2. The third-order valence-corrected chi connectivity index (χ3v) is 7.56. The van der Waals surface area contributed by atoms with Gasteiger partial charge in [0.05, 0.1) is 24.5 Å². The second-order valence-electron chi connectivity index (χ2n) is 11.2. The fourth-order valence-electron chi connectivity index (χ4n) is 4.63. The van der Waals surface area contributed by atoms with E-state index in [1.165, 1.54) is 41.3 Å². The van der Waals surface area contributed by atoms with Gasteiger partial charge in [-0.1, -0.05) is 23.7 Å². The molecule has 4 aromatic rings. The van der Waals surface area contributed by atoms with Crippen LogP contribution in [0, 0.1) is 0 Å². The molecule has 3 amide bonds. The Bertz CT molecular complexity index is 1900. The molecule has 2 heterocycles. The minimum atomic E-state index is -4.64. The largest absolute Gasteiger partial charge is 0.467 e.